The largest absolute Gasteiger partial charge is 0.495 e. The van der Waals surface area contributed by atoms with Gasteiger partial charge in [-0.3, -0.25) is 20.3 Å². The molecule has 13 heteroatoms. The van der Waals surface area contributed by atoms with Crippen molar-refractivity contribution in [3.63, 3.8) is 0 Å². The minimum absolute atomic E-state index is 0.0817. The monoisotopic (exact) mass is 508 g/mol. The molecule has 2 N–H and O–H groups in total. The lowest BCUT2D eigenvalue weighted by Crippen LogP contribution is -2.14. The van der Waals surface area contributed by atoms with E-state index in [0.29, 0.717) is 0 Å². The third kappa shape index (κ3) is 5.87. The Morgan fingerprint density at radius 2 is 1.69 bits per heavy atom. The Morgan fingerprint density at radius 1 is 1.03 bits per heavy atom. The van der Waals surface area contributed by atoms with Crippen LogP contribution in [0.4, 0.5) is 30.2 Å². The summed E-state index contributed by atoms with van der Waals surface area (Å²) in [7, 11) is -2.88. The van der Waals surface area contributed by atoms with Gasteiger partial charge in [0.25, 0.3) is 15.7 Å². The van der Waals surface area contributed by atoms with Crippen LogP contribution in [0.3, 0.4) is 0 Å². The molecule has 0 unspecified atom stereocenters. The van der Waals surface area contributed by atoms with Gasteiger partial charge in [-0.25, -0.2) is 8.42 Å². The van der Waals surface area contributed by atoms with Gasteiger partial charge in [-0.2, -0.15) is 18.3 Å². The number of para-hydroxylation sites is 2. The van der Waals surface area contributed by atoms with Crippen LogP contribution in [0.1, 0.15) is 18.1 Å². The highest BCUT2D eigenvalue weighted by molar-refractivity contribution is 7.92. The van der Waals surface area contributed by atoms with Gasteiger partial charge in [-0.1, -0.05) is 30.3 Å². The molecule has 0 saturated carbocycles. The second-order valence-corrected chi connectivity index (χ2v) is 8.78. The highest BCUT2D eigenvalue weighted by Crippen LogP contribution is 2.33. The molecule has 35 heavy (non-hydrogen) atoms. The summed E-state index contributed by atoms with van der Waals surface area (Å²) >= 11 is 0. The zero-order valence-electron chi connectivity index (χ0n) is 18.3. The molecule has 0 bridgehead atoms. The van der Waals surface area contributed by atoms with E-state index < -0.39 is 37.3 Å². The first kappa shape index (κ1) is 25.5. The van der Waals surface area contributed by atoms with Crippen LogP contribution in [0.15, 0.2) is 76.7 Å². The van der Waals surface area contributed by atoms with E-state index in [1.54, 1.807) is 12.1 Å². The lowest BCUT2D eigenvalue weighted by Gasteiger charge is -2.13. The van der Waals surface area contributed by atoms with Gasteiger partial charge in [0.05, 0.1) is 33.9 Å². The summed E-state index contributed by atoms with van der Waals surface area (Å²) in [6, 6.07) is 14.0. The number of halogens is 3. The van der Waals surface area contributed by atoms with Crippen molar-refractivity contribution < 1.29 is 31.2 Å². The molecule has 0 aromatic heterocycles. The molecule has 3 rings (SSSR count). The van der Waals surface area contributed by atoms with Gasteiger partial charge in [-0.15, -0.1) is 0 Å². The van der Waals surface area contributed by atoms with Crippen molar-refractivity contribution >= 4 is 32.8 Å². The van der Waals surface area contributed by atoms with Crippen molar-refractivity contribution in [1.82, 2.24) is 0 Å². The number of hydrogen-bond acceptors (Lipinski definition) is 7. The number of hydrogen-bond donors (Lipinski definition) is 2. The molecule has 0 aliphatic heterocycles. The number of methoxy groups -OCH3 is 1. The summed E-state index contributed by atoms with van der Waals surface area (Å²) in [5.74, 6) is 0.243. The summed E-state index contributed by atoms with van der Waals surface area (Å²) in [6.45, 7) is 1.30. The van der Waals surface area contributed by atoms with Crippen LogP contribution >= 0.6 is 0 Å². The van der Waals surface area contributed by atoms with E-state index in [2.05, 4.69) is 15.2 Å². The number of nitro benzene ring substituents is 1. The van der Waals surface area contributed by atoms with Crippen LogP contribution in [0.2, 0.25) is 0 Å². The molecular formula is C22H19F3N4O5S. The van der Waals surface area contributed by atoms with Gasteiger partial charge in [0, 0.05) is 11.6 Å². The zero-order valence-corrected chi connectivity index (χ0v) is 19.1. The van der Waals surface area contributed by atoms with E-state index >= 15 is 0 Å². The molecule has 0 heterocycles. The average molecular weight is 508 g/mol. The van der Waals surface area contributed by atoms with Gasteiger partial charge in [0.2, 0.25) is 0 Å². The Hall–Kier alpha value is -4.13. The Balaban J connectivity index is 1.93. The van der Waals surface area contributed by atoms with Gasteiger partial charge >= 0.3 is 6.18 Å². The number of ether oxygens (including phenoxy) is 1. The number of hydrazone groups is 1. The van der Waals surface area contributed by atoms with Gasteiger partial charge < -0.3 is 4.74 Å². The normalized spacial score (nSPS) is 12.2. The molecule has 184 valence electrons. The molecule has 0 spiro atoms. The minimum atomic E-state index is -4.62. The number of rotatable bonds is 8. The number of alkyl halides is 3. The molecule has 3 aromatic rings. The molecule has 0 aliphatic carbocycles. The predicted molar refractivity (Wildman–Crippen MR) is 124 cm³/mol. The standard InChI is InChI=1S/C22H19F3N4O5S/c1-14(16-7-3-4-8-17(16)22(23,24)25)26-27-18-12-11-15(13-20(18)29(30)31)35(32,33)28-19-9-5-6-10-21(19)34-2/h3-13,27-28H,1-2H3. The van der Waals surface area contributed by atoms with Crippen molar-refractivity contribution in [2.75, 3.05) is 17.3 Å². The van der Waals surface area contributed by atoms with Gasteiger partial charge in [-0.05, 0) is 37.3 Å². The molecule has 0 amide bonds. The van der Waals surface area contributed by atoms with E-state index in [4.69, 9.17) is 4.74 Å². The Morgan fingerprint density at radius 3 is 2.34 bits per heavy atom. The number of nitrogens with zero attached hydrogens (tertiary/aromatic N) is 2. The second-order valence-electron chi connectivity index (χ2n) is 7.09. The SMILES string of the molecule is COc1ccccc1NS(=O)(=O)c1ccc(NN=C(C)c2ccccc2C(F)(F)F)c([N+](=O)[O-])c1. The molecule has 0 atom stereocenters. The number of sulfonamides is 1. The third-order valence-corrected chi connectivity index (χ3v) is 6.16. The van der Waals surface area contributed by atoms with E-state index in [9.17, 15) is 31.7 Å². The Kier molecular flexibility index (Phi) is 7.29. The summed E-state index contributed by atoms with van der Waals surface area (Å²) in [5, 5.41) is 15.4. The fourth-order valence-electron chi connectivity index (χ4n) is 3.11. The summed E-state index contributed by atoms with van der Waals surface area (Å²) in [5.41, 5.74) is 0.423. The van der Waals surface area contributed by atoms with Crippen molar-refractivity contribution in [3.05, 3.63) is 88.0 Å². The van der Waals surface area contributed by atoms with Crippen molar-refractivity contribution in [3.8, 4) is 5.75 Å². The zero-order chi connectivity index (χ0) is 25.8. The van der Waals surface area contributed by atoms with Crippen LogP contribution in [0.5, 0.6) is 5.75 Å². The fourth-order valence-corrected chi connectivity index (χ4v) is 4.20. The first-order chi connectivity index (χ1) is 16.4. The summed E-state index contributed by atoms with van der Waals surface area (Å²) < 4.78 is 72.8. The van der Waals surface area contributed by atoms with E-state index in [1.165, 1.54) is 44.4 Å². The lowest BCUT2D eigenvalue weighted by molar-refractivity contribution is -0.384. The fraction of sp³-hybridized carbons (Fsp3) is 0.136. The van der Waals surface area contributed by atoms with Crippen LogP contribution in [-0.4, -0.2) is 26.2 Å². The Bertz CT molecular complexity index is 1390. The van der Waals surface area contributed by atoms with Crippen LogP contribution in [-0.2, 0) is 16.2 Å². The summed E-state index contributed by atoms with van der Waals surface area (Å²) in [4.78, 5) is 10.3. The number of benzene rings is 3. The maximum atomic E-state index is 13.3. The highest BCUT2D eigenvalue weighted by atomic mass is 32.2. The van der Waals surface area contributed by atoms with E-state index in [-0.39, 0.29) is 28.4 Å². The second kappa shape index (κ2) is 10.0. The van der Waals surface area contributed by atoms with Crippen LogP contribution in [0.25, 0.3) is 0 Å². The molecule has 9 nitrogen and oxygen atoms in total. The molecular weight excluding hydrogens is 489 g/mol. The highest BCUT2D eigenvalue weighted by Gasteiger charge is 2.33. The first-order valence-corrected chi connectivity index (χ1v) is 11.3. The van der Waals surface area contributed by atoms with Crippen LogP contribution in [0, 0.1) is 10.1 Å². The molecule has 0 aliphatic rings. The van der Waals surface area contributed by atoms with E-state index in [0.717, 1.165) is 24.3 Å². The topological polar surface area (TPSA) is 123 Å². The summed E-state index contributed by atoms with van der Waals surface area (Å²) in [6.07, 6.45) is -4.62. The smallest absolute Gasteiger partial charge is 0.417 e. The maximum absolute atomic E-state index is 13.3. The van der Waals surface area contributed by atoms with Crippen molar-refractivity contribution in [2.45, 2.75) is 18.0 Å². The average Bonchev–Trinajstić information content (AvgIpc) is 2.81. The van der Waals surface area contributed by atoms with Crippen LogP contribution < -0.4 is 14.9 Å². The van der Waals surface area contributed by atoms with Gasteiger partial charge in [0.15, 0.2) is 0 Å². The lowest BCUT2D eigenvalue weighted by atomic mass is 10.0. The minimum Gasteiger partial charge on any atom is -0.495 e. The number of anilines is 2. The maximum Gasteiger partial charge on any atom is 0.417 e. The molecule has 0 radical (unpaired) electrons. The quantitative estimate of drug-likeness (QED) is 0.243. The predicted octanol–water partition coefficient (Wildman–Crippen LogP) is 5.26. The first-order valence-electron chi connectivity index (χ1n) is 9.85. The molecule has 0 fully saturated rings. The van der Waals surface area contributed by atoms with E-state index in [1.807, 2.05) is 0 Å². The molecule has 0 saturated heterocycles. The Labute approximate surface area is 198 Å². The molecule has 3 aromatic carbocycles. The third-order valence-electron chi connectivity index (χ3n) is 4.79. The van der Waals surface area contributed by atoms with Crippen molar-refractivity contribution in [2.24, 2.45) is 5.10 Å². The van der Waals surface area contributed by atoms with Gasteiger partial charge in [0.1, 0.15) is 11.4 Å². The number of nitro groups is 1. The number of nitrogens with one attached hydrogen (secondary N) is 2. The van der Waals surface area contributed by atoms with Crippen molar-refractivity contribution in [1.29, 1.82) is 0 Å².